The number of hydrogen-bond donors (Lipinski definition) is 2. The lowest BCUT2D eigenvalue weighted by atomic mass is 10.2. The SMILES string of the molecule is Cc1ccc(NC(=O)c2ncc[nH]2)cc1Cl. The van der Waals surface area contributed by atoms with Gasteiger partial charge in [-0.15, -0.1) is 0 Å². The highest BCUT2D eigenvalue weighted by Gasteiger charge is 2.08. The van der Waals surface area contributed by atoms with Gasteiger partial charge in [0.05, 0.1) is 0 Å². The molecule has 1 amide bonds. The summed E-state index contributed by atoms with van der Waals surface area (Å²) in [5.74, 6) is -0.0124. The van der Waals surface area contributed by atoms with E-state index >= 15 is 0 Å². The topological polar surface area (TPSA) is 57.8 Å². The molecule has 0 saturated heterocycles. The Hall–Kier alpha value is -1.81. The molecule has 1 aromatic heterocycles. The Labute approximate surface area is 97.7 Å². The summed E-state index contributed by atoms with van der Waals surface area (Å²) in [6.07, 6.45) is 3.12. The number of aromatic nitrogens is 2. The van der Waals surface area contributed by atoms with E-state index in [-0.39, 0.29) is 11.7 Å². The minimum atomic E-state index is -0.287. The van der Waals surface area contributed by atoms with Gasteiger partial charge in [-0.25, -0.2) is 4.98 Å². The number of hydrogen-bond acceptors (Lipinski definition) is 2. The van der Waals surface area contributed by atoms with E-state index in [2.05, 4.69) is 15.3 Å². The number of rotatable bonds is 2. The Morgan fingerprint density at radius 3 is 2.94 bits per heavy atom. The van der Waals surface area contributed by atoms with Crippen molar-refractivity contribution in [2.24, 2.45) is 0 Å². The highest BCUT2D eigenvalue weighted by Crippen LogP contribution is 2.20. The van der Waals surface area contributed by atoms with Gasteiger partial charge in [0.2, 0.25) is 0 Å². The third-order valence-corrected chi connectivity index (χ3v) is 2.55. The van der Waals surface area contributed by atoms with E-state index in [1.54, 1.807) is 18.3 Å². The number of H-pyrrole nitrogens is 1. The van der Waals surface area contributed by atoms with Crippen molar-refractivity contribution < 1.29 is 4.79 Å². The van der Waals surface area contributed by atoms with Crippen LogP contribution in [0.4, 0.5) is 5.69 Å². The van der Waals surface area contributed by atoms with E-state index in [1.807, 2.05) is 13.0 Å². The van der Waals surface area contributed by atoms with Crippen LogP contribution in [0.1, 0.15) is 16.2 Å². The molecule has 0 atom stereocenters. The molecule has 4 nitrogen and oxygen atoms in total. The zero-order valence-electron chi connectivity index (χ0n) is 8.62. The van der Waals surface area contributed by atoms with E-state index in [1.165, 1.54) is 6.20 Å². The van der Waals surface area contributed by atoms with Crippen molar-refractivity contribution in [3.05, 3.63) is 47.0 Å². The van der Waals surface area contributed by atoms with Crippen molar-refractivity contribution in [2.45, 2.75) is 6.92 Å². The van der Waals surface area contributed by atoms with Crippen molar-refractivity contribution >= 4 is 23.2 Å². The number of benzene rings is 1. The number of imidazole rings is 1. The number of nitrogens with one attached hydrogen (secondary N) is 2. The molecule has 0 aliphatic rings. The number of carbonyl (C=O) groups is 1. The Bertz CT molecular complexity index is 508. The molecule has 1 aromatic carbocycles. The highest BCUT2D eigenvalue weighted by atomic mass is 35.5. The van der Waals surface area contributed by atoms with Gasteiger partial charge in [-0.05, 0) is 24.6 Å². The van der Waals surface area contributed by atoms with E-state index in [0.29, 0.717) is 10.7 Å². The van der Waals surface area contributed by atoms with Crippen LogP contribution in [0.5, 0.6) is 0 Å². The van der Waals surface area contributed by atoms with Crippen molar-refractivity contribution in [1.29, 1.82) is 0 Å². The molecule has 0 fully saturated rings. The maximum absolute atomic E-state index is 11.6. The van der Waals surface area contributed by atoms with Gasteiger partial charge in [0.25, 0.3) is 5.91 Å². The molecule has 2 N–H and O–H groups in total. The summed E-state index contributed by atoms with van der Waals surface area (Å²) < 4.78 is 0. The van der Waals surface area contributed by atoms with Gasteiger partial charge in [0.15, 0.2) is 5.82 Å². The monoisotopic (exact) mass is 235 g/mol. The van der Waals surface area contributed by atoms with Crippen molar-refractivity contribution in [2.75, 3.05) is 5.32 Å². The number of amides is 1. The van der Waals surface area contributed by atoms with Crippen LogP contribution in [0, 0.1) is 6.92 Å². The molecule has 0 bridgehead atoms. The molecule has 2 aromatic rings. The molecule has 16 heavy (non-hydrogen) atoms. The number of aryl methyl sites for hydroxylation is 1. The summed E-state index contributed by atoms with van der Waals surface area (Å²) in [7, 11) is 0. The van der Waals surface area contributed by atoms with Crippen LogP contribution < -0.4 is 5.32 Å². The third kappa shape index (κ3) is 2.23. The lowest BCUT2D eigenvalue weighted by Crippen LogP contribution is -2.13. The molecule has 5 heteroatoms. The fourth-order valence-electron chi connectivity index (χ4n) is 1.25. The summed E-state index contributed by atoms with van der Waals surface area (Å²) in [6.45, 7) is 1.90. The molecule has 0 aliphatic heterocycles. The van der Waals surface area contributed by atoms with Crippen LogP contribution in [0.3, 0.4) is 0 Å². The Kier molecular flexibility index (Phi) is 2.92. The van der Waals surface area contributed by atoms with Crippen molar-refractivity contribution in [1.82, 2.24) is 9.97 Å². The molecule has 1 heterocycles. The molecule has 0 unspecified atom stereocenters. The average Bonchev–Trinajstić information content (AvgIpc) is 2.77. The lowest BCUT2D eigenvalue weighted by Gasteiger charge is -2.04. The van der Waals surface area contributed by atoms with Gasteiger partial charge in [0, 0.05) is 23.1 Å². The fraction of sp³-hybridized carbons (Fsp3) is 0.0909. The Morgan fingerprint density at radius 2 is 2.31 bits per heavy atom. The predicted octanol–water partition coefficient (Wildman–Crippen LogP) is 2.62. The maximum Gasteiger partial charge on any atom is 0.291 e. The van der Waals surface area contributed by atoms with E-state index in [0.717, 1.165) is 5.56 Å². The summed E-state index contributed by atoms with van der Waals surface area (Å²) in [4.78, 5) is 18.2. The molecule has 0 saturated carbocycles. The minimum Gasteiger partial charge on any atom is -0.341 e. The van der Waals surface area contributed by atoms with Crippen LogP contribution in [0.25, 0.3) is 0 Å². The standard InChI is InChI=1S/C11H10ClN3O/c1-7-2-3-8(6-9(7)12)15-11(16)10-13-4-5-14-10/h2-6H,1H3,(H,13,14)(H,15,16). The molecular weight excluding hydrogens is 226 g/mol. The molecule has 0 spiro atoms. The van der Waals surface area contributed by atoms with Gasteiger partial charge in [-0.1, -0.05) is 17.7 Å². The lowest BCUT2D eigenvalue weighted by molar-refractivity contribution is 0.101. The van der Waals surface area contributed by atoms with E-state index in [4.69, 9.17) is 11.6 Å². The zero-order chi connectivity index (χ0) is 11.5. The number of nitrogens with zero attached hydrogens (tertiary/aromatic N) is 1. The largest absolute Gasteiger partial charge is 0.341 e. The quantitative estimate of drug-likeness (QED) is 0.841. The van der Waals surface area contributed by atoms with E-state index < -0.39 is 0 Å². The van der Waals surface area contributed by atoms with E-state index in [9.17, 15) is 4.79 Å². The Morgan fingerprint density at radius 1 is 1.50 bits per heavy atom. The summed E-state index contributed by atoms with van der Waals surface area (Å²) in [6, 6.07) is 5.35. The average molecular weight is 236 g/mol. The minimum absolute atomic E-state index is 0.275. The second-order valence-electron chi connectivity index (χ2n) is 3.36. The van der Waals surface area contributed by atoms with Crippen LogP contribution >= 0.6 is 11.6 Å². The van der Waals surface area contributed by atoms with Crippen LogP contribution in [-0.2, 0) is 0 Å². The molecule has 0 radical (unpaired) electrons. The van der Waals surface area contributed by atoms with Crippen LogP contribution in [-0.4, -0.2) is 15.9 Å². The smallest absolute Gasteiger partial charge is 0.291 e. The first-order chi connectivity index (χ1) is 7.66. The second-order valence-corrected chi connectivity index (χ2v) is 3.76. The first-order valence-corrected chi connectivity index (χ1v) is 5.11. The number of anilines is 1. The maximum atomic E-state index is 11.6. The molecule has 0 aliphatic carbocycles. The molecule has 82 valence electrons. The summed E-state index contributed by atoms with van der Waals surface area (Å²) >= 11 is 5.95. The second kappa shape index (κ2) is 4.37. The number of aromatic amines is 1. The number of carbonyl (C=O) groups excluding carboxylic acids is 1. The summed E-state index contributed by atoms with van der Waals surface area (Å²) in [5.41, 5.74) is 1.62. The fourth-order valence-corrected chi connectivity index (χ4v) is 1.43. The van der Waals surface area contributed by atoms with Gasteiger partial charge in [0.1, 0.15) is 0 Å². The highest BCUT2D eigenvalue weighted by molar-refractivity contribution is 6.31. The summed E-state index contributed by atoms with van der Waals surface area (Å²) in [5, 5.41) is 3.32. The van der Waals surface area contributed by atoms with Crippen molar-refractivity contribution in [3.63, 3.8) is 0 Å². The number of halogens is 1. The third-order valence-electron chi connectivity index (χ3n) is 2.14. The van der Waals surface area contributed by atoms with Crippen LogP contribution in [0.2, 0.25) is 5.02 Å². The van der Waals surface area contributed by atoms with Crippen molar-refractivity contribution in [3.8, 4) is 0 Å². The van der Waals surface area contributed by atoms with Gasteiger partial charge < -0.3 is 10.3 Å². The van der Waals surface area contributed by atoms with Gasteiger partial charge in [-0.2, -0.15) is 0 Å². The van der Waals surface area contributed by atoms with Crippen LogP contribution in [0.15, 0.2) is 30.6 Å². The predicted molar refractivity (Wildman–Crippen MR) is 62.7 cm³/mol. The normalized spacial score (nSPS) is 10.1. The van der Waals surface area contributed by atoms with Gasteiger partial charge >= 0.3 is 0 Å². The van der Waals surface area contributed by atoms with Gasteiger partial charge in [-0.3, -0.25) is 4.79 Å². The molecule has 2 rings (SSSR count). The first kappa shape index (κ1) is 10.7. The Balaban J connectivity index is 2.15. The molecular formula is C11H10ClN3O. The zero-order valence-corrected chi connectivity index (χ0v) is 9.38. The first-order valence-electron chi connectivity index (χ1n) is 4.73.